The Kier molecular flexibility index (Phi) is 6.83. The number of alkyl carbamates (subject to hydrolysis) is 1. The maximum atomic E-state index is 11.9. The Balaban J connectivity index is 1.83. The molecule has 0 saturated carbocycles. The van der Waals surface area contributed by atoms with E-state index in [1.165, 1.54) is 0 Å². The van der Waals surface area contributed by atoms with Gasteiger partial charge < -0.3 is 15.2 Å². The van der Waals surface area contributed by atoms with Crippen molar-refractivity contribution in [3.63, 3.8) is 0 Å². The molecule has 2 aromatic rings. The zero-order chi connectivity index (χ0) is 17.2. The molecule has 1 amide bonds. The summed E-state index contributed by atoms with van der Waals surface area (Å²) in [6.07, 6.45) is 0.500. The molecule has 0 aliphatic carbocycles. The van der Waals surface area contributed by atoms with Gasteiger partial charge in [0.2, 0.25) is 0 Å². The van der Waals surface area contributed by atoms with E-state index in [1.54, 1.807) is 0 Å². The maximum absolute atomic E-state index is 11.9. The van der Waals surface area contributed by atoms with E-state index in [4.69, 9.17) is 9.84 Å². The van der Waals surface area contributed by atoms with Crippen LogP contribution in [0.3, 0.4) is 0 Å². The third-order valence-corrected chi connectivity index (χ3v) is 3.58. The number of aliphatic carboxylic acids is 1. The van der Waals surface area contributed by atoms with Crippen molar-refractivity contribution in [2.45, 2.75) is 31.9 Å². The molecule has 0 aromatic heterocycles. The summed E-state index contributed by atoms with van der Waals surface area (Å²) in [5.74, 6) is -0.948. The van der Waals surface area contributed by atoms with Crippen LogP contribution in [0, 0.1) is 0 Å². The molecule has 126 valence electrons. The predicted molar refractivity (Wildman–Crippen MR) is 90.6 cm³/mol. The average Bonchev–Trinajstić information content (AvgIpc) is 2.59. The zero-order valence-electron chi connectivity index (χ0n) is 13.4. The fraction of sp³-hybridized carbons (Fsp3) is 0.263. The Hall–Kier alpha value is -2.82. The van der Waals surface area contributed by atoms with Crippen molar-refractivity contribution in [2.75, 3.05) is 0 Å². The van der Waals surface area contributed by atoms with Crippen LogP contribution in [0.1, 0.15) is 24.0 Å². The first-order valence-corrected chi connectivity index (χ1v) is 7.86. The largest absolute Gasteiger partial charge is 0.481 e. The summed E-state index contributed by atoms with van der Waals surface area (Å²) in [6, 6.07) is 18.6. The van der Waals surface area contributed by atoms with Gasteiger partial charge in [-0.25, -0.2) is 4.79 Å². The van der Waals surface area contributed by atoms with Gasteiger partial charge in [-0.3, -0.25) is 4.79 Å². The Morgan fingerprint density at radius 1 is 0.958 bits per heavy atom. The van der Waals surface area contributed by atoms with E-state index in [2.05, 4.69) is 5.32 Å². The Bertz CT molecular complexity index is 643. The highest BCUT2D eigenvalue weighted by Gasteiger charge is 2.17. The normalized spacial score (nSPS) is 11.5. The zero-order valence-corrected chi connectivity index (χ0v) is 13.4. The van der Waals surface area contributed by atoms with E-state index in [9.17, 15) is 9.59 Å². The van der Waals surface area contributed by atoms with E-state index in [1.807, 2.05) is 60.7 Å². The molecule has 0 fully saturated rings. The van der Waals surface area contributed by atoms with Crippen LogP contribution in [-0.4, -0.2) is 23.2 Å². The van der Waals surface area contributed by atoms with E-state index in [-0.39, 0.29) is 13.0 Å². The number of rotatable bonds is 8. The summed E-state index contributed by atoms with van der Waals surface area (Å²) in [7, 11) is 0. The first-order chi connectivity index (χ1) is 11.6. The van der Waals surface area contributed by atoms with Gasteiger partial charge in [0.25, 0.3) is 0 Å². The number of carbonyl (C=O) groups is 2. The van der Waals surface area contributed by atoms with Crippen LogP contribution in [0.2, 0.25) is 0 Å². The molecule has 0 bridgehead atoms. The molecule has 0 saturated heterocycles. The molecule has 24 heavy (non-hydrogen) atoms. The number of carboxylic acids is 1. The Morgan fingerprint density at radius 3 is 2.12 bits per heavy atom. The number of benzene rings is 2. The van der Waals surface area contributed by atoms with Gasteiger partial charge in [0, 0.05) is 6.04 Å². The second-order valence-corrected chi connectivity index (χ2v) is 5.53. The van der Waals surface area contributed by atoms with Gasteiger partial charge >= 0.3 is 12.1 Å². The highest BCUT2D eigenvalue weighted by atomic mass is 16.5. The summed E-state index contributed by atoms with van der Waals surface area (Å²) in [6.45, 7) is 0.158. The number of hydrogen-bond donors (Lipinski definition) is 2. The average molecular weight is 327 g/mol. The van der Waals surface area contributed by atoms with Crippen molar-refractivity contribution in [1.29, 1.82) is 0 Å². The lowest BCUT2D eigenvalue weighted by Crippen LogP contribution is -2.37. The van der Waals surface area contributed by atoms with Crippen LogP contribution in [0.5, 0.6) is 0 Å². The lowest BCUT2D eigenvalue weighted by molar-refractivity contribution is -0.137. The minimum Gasteiger partial charge on any atom is -0.481 e. The van der Waals surface area contributed by atoms with Gasteiger partial charge in [0.05, 0.1) is 6.42 Å². The number of carboxylic acid groups (broad SMARTS) is 1. The summed E-state index contributed by atoms with van der Waals surface area (Å²) in [4.78, 5) is 22.9. The number of nitrogens with one attached hydrogen (secondary N) is 1. The molecular formula is C19H21NO4. The van der Waals surface area contributed by atoms with Crippen molar-refractivity contribution < 1.29 is 19.4 Å². The van der Waals surface area contributed by atoms with Crippen LogP contribution in [-0.2, 0) is 22.6 Å². The summed E-state index contributed by atoms with van der Waals surface area (Å²) in [5, 5.41) is 11.7. The molecule has 0 unspecified atom stereocenters. The highest BCUT2D eigenvalue weighted by Crippen LogP contribution is 2.08. The monoisotopic (exact) mass is 327 g/mol. The van der Waals surface area contributed by atoms with Gasteiger partial charge in [-0.2, -0.15) is 0 Å². The molecule has 0 aliphatic rings. The minimum atomic E-state index is -0.948. The van der Waals surface area contributed by atoms with Crippen molar-refractivity contribution in [2.24, 2.45) is 0 Å². The summed E-state index contributed by atoms with van der Waals surface area (Å²) in [5.41, 5.74) is 1.99. The first-order valence-electron chi connectivity index (χ1n) is 7.86. The molecule has 2 aromatic carbocycles. The molecule has 0 radical (unpaired) electrons. The van der Waals surface area contributed by atoms with E-state index in [0.29, 0.717) is 12.8 Å². The van der Waals surface area contributed by atoms with Gasteiger partial charge in [0.15, 0.2) is 0 Å². The van der Waals surface area contributed by atoms with Crippen LogP contribution in [0.15, 0.2) is 60.7 Å². The topological polar surface area (TPSA) is 75.6 Å². The molecule has 5 heteroatoms. The second kappa shape index (κ2) is 9.35. The fourth-order valence-electron chi connectivity index (χ4n) is 2.35. The third kappa shape index (κ3) is 6.52. The quantitative estimate of drug-likeness (QED) is 0.779. The maximum Gasteiger partial charge on any atom is 0.407 e. The van der Waals surface area contributed by atoms with Gasteiger partial charge in [-0.15, -0.1) is 0 Å². The van der Waals surface area contributed by atoms with Crippen molar-refractivity contribution >= 4 is 12.1 Å². The molecule has 2 N–H and O–H groups in total. The van der Waals surface area contributed by atoms with Gasteiger partial charge in [-0.1, -0.05) is 60.7 Å². The molecule has 1 atom stereocenters. The molecular weight excluding hydrogens is 306 g/mol. The number of hydrogen-bond acceptors (Lipinski definition) is 3. The van der Waals surface area contributed by atoms with Crippen molar-refractivity contribution in [3.8, 4) is 0 Å². The SMILES string of the molecule is O=C(O)C[C@H](CCc1ccccc1)NC(=O)OCc1ccccc1. The number of amides is 1. The lowest BCUT2D eigenvalue weighted by atomic mass is 10.0. The second-order valence-electron chi connectivity index (χ2n) is 5.53. The minimum absolute atomic E-state index is 0.132. The van der Waals surface area contributed by atoms with Crippen LogP contribution in [0.4, 0.5) is 4.79 Å². The Labute approximate surface area is 141 Å². The van der Waals surface area contributed by atoms with Crippen LogP contribution in [0.25, 0.3) is 0 Å². The number of carbonyl (C=O) groups excluding carboxylic acids is 1. The van der Waals surface area contributed by atoms with Crippen LogP contribution >= 0.6 is 0 Å². The summed E-state index contributed by atoms with van der Waals surface area (Å²) >= 11 is 0. The van der Waals surface area contributed by atoms with Crippen LogP contribution < -0.4 is 5.32 Å². The van der Waals surface area contributed by atoms with Crippen molar-refractivity contribution in [3.05, 3.63) is 71.8 Å². The smallest absolute Gasteiger partial charge is 0.407 e. The highest BCUT2D eigenvalue weighted by molar-refractivity contribution is 5.71. The molecule has 0 heterocycles. The number of ether oxygens (including phenoxy) is 1. The van der Waals surface area contributed by atoms with Gasteiger partial charge in [-0.05, 0) is 24.0 Å². The molecule has 0 aliphatic heterocycles. The van der Waals surface area contributed by atoms with E-state index >= 15 is 0 Å². The molecule has 2 rings (SSSR count). The fourth-order valence-corrected chi connectivity index (χ4v) is 2.35. The molecule has 5 nitrogen and oxygen atoms in total. The van der Waals surface area contributed by atoms with E-state index < -0.39 is 18.1 Å². The first kappa shape index (κ1) is 17.5. The van der Waals surface area contributed by atoms with Gasteiger partial charge in [0.1, 0.15) is 6.61 Å². The summed E-state index contributed by atoms with van der Waals surface area (Å²) < 4.78 is 5.15. The lowest BCUT2D eigenvalue weighted by Gasteiger charge is -2.17. The Morgan fingerprint density at radius 2 is 1.54 bits per heavy atom. The standard InChI is InChI=1S/C19H21NO4/c21-18(22)13-17(12-11-15-7-3-1-4-8-15)20-19(23)24-14-16-9-5-2-6-10-16/h1-10,17H,11-14H2,(H,20,23)(H,21,22)/t17-/m0/s1. The molecule has 0 spiro atoms. The third-order valence-electron chi connectivity index (χ3n) is 3.58. The van der Waals surface area contributed by atoms with E-state index in [0.717, 1.165) is 11.1 Å². The predicted octanol–water partition coefficient (Wildman–Crippen LogP) is 3.39. The van der Waals surface area contributed by atoms with Crippen molar-refractivity contribution in [1.82, 2.24) is 5.32 Å². The number of aryl methyl sites for hydroxylation is 1.